The first-order valence-electron chi connectivity index (χ1n) is 0. The summed E-state index contributed by atoms with van der Waals surface area (Å²) in [6, 6.07) is 0. The van der Waals surface area contributed by atoms with Crippen LogP contribution in [-0.4, -0.2) is 56.6 Å². The molecule has 0 heterocycles. The molecule has 0 spiro atoms. The van der Waals surface area contributed by atoms with E-state index < -0.39 is 0 Å². The average molecular weight is 304 g/mol. The maximum Gasteiger partial charge on any atom is 2.00 e. The molecular formula is H10GaInOSiZn. The minimum atomic E-state index is 0. The van der Waals surface area contributed by atoms with E-state index >= 15 is 0 Å². The normalized spacial score (nSPS) is 0. The van der Waals surface area contributed by atoms with E-state index in [1.54, 1.807) is 0 Å². The average Bonchev–Trinajstić information content (AvgIpc) is 0. The summed E-state index contributed by atoms with van der Waals surface area (Å²) >= 11 is 0. The van der Waals surface area contributed by atoms with Gasteiger partial charge < -0.3 is 5.48 Å². The molecule has 1 nitrogen and oxygen atoms in total. The number of hydrogen-bond acceptors (Lipinski definition) is 0. The summed E-state index contributed by atoms with van der Waals surface area (Å²) in [6.07, 6.45) is 0. The van der Waals surface area contributed by atoms with Gasteiger partial charge in [0.1, 0.15) is 0 Å². The quantitative estimate of drug-likeness (QED) is 0.409. The standard InChI is InChI=1S/Ga.In.O.H4Si.Zn.6H/h;;;1H4;;;;;;;/q;;-2;;+2;;;;;;. The zero-order chi connectivity index (χ0) is 0. The van der Waals surface area contributed by atoms with Crippen LogP contribution in [0.1, 0.15) is 0 Å². The van der Waals surface area contributed by atoms with Crippen LogP contribution in [0, 0.1) is 0 Å². The molecule has 0 aliphatic rings. The molecule has 0 bridgehead atoms. The molecule has 0 unspecified atom stereocenters. The molecule has 0 saturated carbocycles. The molecule has 0 aromatic rings. The van der Waals surface area contributed by atoms with Crippen LogP contribution < -0.4 is 0 Å². The molecule has 0 radical (unpaired) electrons. The molecule has 5 heteroatoms. The van der Waals surface area contributed by atoms with Gasteiger partial charge in [-0.3, -0.25) is 0 Å². The molecule has 0 aromatic carbocycles. The van der Waals surface area contributed by atoms with Gasteiger partial charge in [-0.15, -0.1) is 0 Å². The third-order valence-electron chi connectivity index (χ3n) is 0. The van der Waals surface area contributed by atoms with Crippen molar-refractivity contribution < 1.29 is 25.0 Å². The molecular weight excluding hydrogens is 294 g/mol. The third-order valence-corrected chi connectivity index (χ3v) is 0. The summed E-state index contributed by atoms with van der Waals surface area (Å²) < 4.78 is 0. The molecule has 0 atom stereocenters. The largest absolute Gasteiger partial charge is 2.00 e. The van der Waals surface area contributed by atoms with E-state index in [-0.39, 0.29) is 81.6 Å². The maximum atomic E-state index is 0. The smallest absolute Gasteiger partial charge is 2.00 e. The minimum Gasteiger partial charge on any atom is -2.00 e. The van der Waals surface area contributed by atoms with Gasteiger partial charge in [-0.1, -0.05) is 0 Å². The summed E-state index contributed by atoms with van der Waals surface area (Å²) in [7, 11) is 0. The van der Waals surface area contributed by atoms with E-state index in [4.69, 9.17) is 0 Å². The predicted octanol–water partition coefficient (Wildman–Crippen LogP) is -3.94. The fourth-order valence-electron chi connectivity index (χ4n) is 0. The van der Waals surface area contributed by atoms with Crippen LogP contribution in [0.5, 0.6) is 0 Å². The van der Waals surface area contributed by atoms with Crippen LogP contribution in [0.4, 0.5) is 0 Å². The Bertz CT molecular complexity index is 11.6. The summed E-state index contributed by atoms with van der Waals surface area (Å²) in [5.74, 6) is 0. The Morgan fingerprint density at radius 3 is 1.00 bits per heavy atom. The van der Waals surface area contributed by atoms with Crippen LogP contribution in [0.15, 0.2) is 0 Å². The summed E-state index contributed by atoms with van der Waals surface area (Å²) in [4.78, 5) is 0. The van der Waals surface area contributed by atoms with Crippen molar-refractivity contribution in [1.29, 1.82) is 0 Å². The minimum absolute atomic E-state index is 0. The van der Waals surface area contributed by atoms with E-state index in [0.717, 1.165) is 0 Å². The van der Waals surface area contributed by atoms with Gasteiger partial charge in [0.05, 0.1) is 0 Å². The van der Waals surface area contributed by atoms with E-state index in [2.05, 4.69) is 0 Å². The van der Waals surface area contributed by atoms with Crippen LogP contribution in [0.2, 0.25) is 0 Å². The second kappa shape index (κ2) is 33.4. The van der Waals surface area contributed by atoms with Crippen molar-refractivity contribution in [3.63, 3.8) is 0 Å². The van der Waals surface area contributed by atoms with E-state index in [1.165, 1.54) is 0 Å². The van der Waals surface area contributed by atoms with E-state index in [9.17, 15) is 0 Å². The number of rotatable bonds is 0. The van der Waals surface area contributed by atoms with Gasteiger partial charge in [-0.25, -0.2) is 0 Å². The number of hydrogen-bond donors (Lipinski definition) is 0. The molecule has 0 rings (SSSR count). The van der Waals surface area contributed by atoms with Crippen molar-refractivity contribution in [3.8, 4) is 0 Å². The van der Waals surface area contributed by atoms with Gasteiger partial charge in [0.25, 0.3) is 0 Å². The van der Waals surface area contributed by atoms with Gasteiger partial charge >= 0.3 is 65.1 Å². The van der Waals surface area contributed by atoms with Gasteiger partial charge in [-0.05, 0) is 11.0 Å². The summed E-state index contributed by atoms with van der Waals surface area (Å²) in [6.45, 7) is 0. The Balaban J connectivity index is 0. The molecule has 0 amide bonds. The van der Waals surface area contributed by atoms with Crippen LogP contribution in [0.25, 0.3) is 0 Å². The zero-order valence-electron chi connectivity index (χ0n) is 1.12. The first-order valence-corrected chi connectivity index (χ1v) is 0. The van der Waals surface area contributed by atoms with Gasteiger partial charge in [0, 0.05) is 0 Å². The second-order valence-electron chi connectivity index (χ2n) is 0. The van der Waals surface area contributed by atoms with Crippen LogP contribution >= 0.6 is 0 Å². The molecule has 0 aliphatic carbocycles. The Morgan fingerprint density at radius 2 is 1.00 bits per heavy atom. The van der Waals surface area contributed by atoms with Crippen molar-refractivity contribution in [2.24, 2.45) is 0 Å². The van der Waals surface area contributed by atoms with Crippen molar-refractivity contribution in [2.45, 2.75) is 0 Å². The first kappa shape index (κ1) is 54.6. The van der Waals surface area contributed by atoms with E-state index in [1.807, 2.05) is 0 Å². The maximum absolute atomic E-state index is 0. The molecule has 5 heavy (non-hydrogen) atoms. The fourth-order valence-corrected chi connectivity index (χ4v) is 0. The second-order valence-corrected chi connectivity index (χ2v) is 0. The van der Waals surface area contributed by atoms with Gasteiger partial charge in [0.15, 0.2) is 0 Å². The monoisotopic (exact) mass is 302 g/mol. The Morgan fingerprint density at radius 1 is 1.00 bits per heavy atom. The summed E-state index contributed by atoms with van der Waals surface area (Å²) in [5.41, 5.74) is 0. The molecule has 28 valence electrons. The predicted molar refractivity (Wildman–Crippen MR) is 31.9 cm³/mol. The van der Waals surface area contributed by atoms with E-state index in [0.29, 0.717) is 0 Å². The Labute approximate surface area is 80.6 Å². The van der Waals surface area contributed by atoms with Crippen LogP contribution in [-0.2, 0) is 25.0 Å². The molecule has 0 aromatic heterocycles. The van der Waals surface area contributed by atoms with Crippen molar-refractivity contribution >= 4 is 56.6 Å². The summed E-state index contributed by atoms with van der Waals surface area (Å²) in [5, 5.41) is 0. The molecule has 0 aliphatic heterocycles. The molecule has 0 fully saturated rings. The molecule has 0 saturated heterocycles. The van der Waals surface area contributed by atoms with Crippen molar-refractivity contribution in [3.05, 3.63) is 0 Å². The van der Waals surface area contributed by atoms with Crippen molar-refractivity contribution in [1.82, 2.24) is 0 Å². The van der Waals surface area contributed by atoms with Gasteiger partial charge in [0.2, 0.25) is 0 Å². The van der Waals surface area contributed by atoms with Crippen LogP contribution in [0.3, 0.4) is 0 Å². The Kier molecular flexibility index (Phi) is 365. The Hall–Kier alpha value is 2.31. The zero-order valence-corrected chi connectivity index (χ0v) is 4.08. The third kappa shape index (κ3) is 22.0. The van der Waals surface area contributed by atoms with Gasteiger partial charge in [-0.2, -0.15) is 0 Å². The first-order chi connectivity index (χ1) is 0. The SMILES string of the molecule is [GaH3].[InH3].[O-2].[SiH4].[Zn+2]. The molecule has 0 N–H and O–H groups in total. The topological polar surface area (TPSA) is 28.5 Å². The van der Waals surface area contributed by atoms with Crippen molar-refractivity contribution in [2.75, 3.05) is 0 Å². The fraction of sp³-hybridized carbons (Fsp3) is 0.